The molecule has 7 nitrogen and oxygen atoms in total. The van der Waals surface area contributed by atoms with Crippen molar-refractivity contribution >= 4 is 11.0 Å². The van der Waals surface area contributed by atoms with E-state index < -0.39 is 0 Å². The van der Waals surface area contributed by atoms with Gasteiger partial charge in [-0.05, 0) is 60.2 Å². The lowest BCUT2D eigenvalue weighted by molar-refractivity contribution is -0.0589. The Morgan fingerprint density at radius 1 is 0.878 bits per heavy atom. The summed E-state index contributed by atoms with van der Waals surface area (Å²) >= 11 is 0. The smallest absolute Gasteiger partial charge is 0.214 e. The Hall–Kier alpha value is -4.20. The van der Waals surface area contributed by atoms with Crippen LogP contribution in [0.5, 0.6) is 11.6 Å². The van der Waals surface area contributed by atoms with Gasteiger partial charge in [0.1, 0.15) is 18.2 Å². The summed E-state index contributed by atoms with van der Waals surface area (Å²) in [6, 6.07) is 26.6. The van der Waals surface area contributed by atoms with Crippen molar-refractivity contribution in [3.63, 3.8) is 0 Å². The highest BCUT2D eigenvalue weighted by Crippen LogP contribution is 2.31. The van der Waals surface area contributed by atoms with E-state index in [-0.39, 0.29) is 12.7 Å². The van der Waals surface area contributed by atoms with Gasteiger partial charge < -0.3 is 23.9 Å². The van der Waals surface area contributed by atoms with Crippen LogP contribution in [0.15, 0.2) is 78.9 Å². The van der Waals surface area contributed by atoms with Crippen molar-refractivity contribution in [1.29, 1.82) is 0 Å². The molecule has 7 rings (SSSR count). The number of hydrogen-bond acceptors (Lipinski definition) is 6. The normalized spacial score (nSPS) is 16.7. The van der Waals surface area contributed by atoms with Crippen LogP contribution < -0.4 is 9.47 Å². The molecule has 1 N–H and O–H groups in total. The maximum absolute atomic E-state index is 9.69. The molecule has 208 valence electrons. The van der Waals surface area contributed by atoms with Crippen molar-refractivity contribution in [2.45, 2.75) is 51.5 Å². The summed E-state index contributed by atoms with van der Waals surface area (Å²) in [5.74, 6) is 2.43. The number of aliphatic hydroxyl groups is 1. The van der Waals surface area contributed by atoms with E-state index in [4.69, 9.17) is 24.2 Å². The number of rotatable bonds is 5. The Labute approximate surface area is 239 Å². The minimum absolute atomic E-state index is 0.0159. The Morgan fingerprint density at radius 2 is 1.80 bits per heavy atom. The third-order valence-electron chi connectivity index (χ3n) is 8.03. The van der Waals surface area contributed by atoms with Crippen LogP contribution >= 0.6 is 0 Å². The highest BCUT2D eigenvalue weighted by Gasteiger charge is 2.22. The third kappa shape index (κ3) is 5.43. The lowest BCUT2D eigenvalue weighted by atomic mass is 10.0. The van der Waals surface area contributed by atoms with Crippen molar-refractivity contribution in [3.05, 3.63) is 107 Å². The summed E-state index contributed by atoms with van der Waals surface area (Å²) in [7, 11) is 0. The molecule has 1 atom stereocenters. The van der Waals surface area contributed by atoms with Crippen molar-refractivity contribution < 1.29 is 19.3 Å². The van der Waals surface area contributed by atoms with Crippen LogP contribution in [0, 0.1) is 0 Å². The molecular formula is C34H33N3O4. The van der Waals surface area contributed by atoms with Crippen LogP contribution in [0.2, 0.25) is 0 Å². The summed E-state index contributed by atoms with van der Waals surface area (Å²) in [5.41, 5.74) is 8.19. The first-order chi connectivity index (χ1) is 20.2. The number of pyridine rings is 1. The Balaban J connectivity index is 1.23. The first-order valence-electron chi connectivity index (χ1n) is 14.4. The number of para-hydroxylation sites is 2. The monoisotopic (exact) mass is 547 g/mol. The molecule has 0 amide bonds. The van der Waals surface area contributed by atoms with E-state index in [9.17, 15) is 5.11 Å². The Morgan fingerprint density at radius 3 is 2.68 bits per heavy atom. The second-order valence-electron chi connectivity index (χ2n) is 10.8. The van der Waals surface area contributed by atoms with E-state index in [2.05, 4.69) is 47.0 Å². The number of benzene rings is 3. The minimum Gasteiger partial charge on any atom is -0.493 e. The molecule has 41 heavy (non-hydrogen) atoms. The van der Waals surface area contributed by atoms with Gasteiger partial charge in [-0.3, -0.25) is 0 Å². The molecule has 5 aromatic rings. The lowest BCUT2D eigenvalue weighted by Gasteiger charge is -2.27. The van der Waals surface area contributed by atoms with Crippen molar-refractivity contribution in [3.8, 4) is 22.9 Å². The summed E-state index contributed by atoms with van der Waals surface area (Å²) in [5, 5.41) is 9.69. The van der Waals surface area contributed by atoms with Crippen LogP contribution in [0.3, 0.4) is 0 Å². The zero-order valence-electron chi connectivity index (χ0n) is 23.0. The van der Waals surface area contributed by atoms with Gasteiger partial charge in [0.15, 0.2) is 0 Å². The van der Waals surface area contributed by atoms with E-state index in [1.54, 1.807) is 0 Å². The van der Waals surface area contributed by atoms with Gasteiger partial charge in [-0.15, -0.1) is 0 Å². The van der Waals surface area contributed by atoms with E-state index in [0.717, 1.165) is 88.5 Å². The largest absolute Gasteiger partial charge is 0.493 e. The molecule has 2 aliphatic heterocycles. The number of aliphatic hydroxyl groups excluding tert-OH is 1. The number of nitrogens with zero attached hydrogens (tertiary/aromatic N) is 3. The summed E-state index contributed by atoms with van der Waals surface area (Å²) < 4.78 is 20.7. The van der Waals surface area contributed by atoms with Gasteiger partial charge in [-0.2, -0.15) is 0 Å². The average Bonchev–Trinajstić information content (AvgIpc) is 3.33. The molecular weight excluding hydrogens is 514 g/mol. The highest BCUT2D eigenvalue weighted by molar-refractivity contribution is 5.76. The molecule has 0 saturated carbocycles. The van der Waals surface area contributed by atoms with Crippen molar-refractivity contribution in [1.82, 2.24) is 14.5 Å². The third-order valence-corrected chi connectivity index (χ3v) is 8.03. The predicted molar refractivity (Wildman–Crippen MR) is 157 cm³/mol. The fourth-order valence-electron chi connectivity index (χ4n) is 5.66. The fraction of sp³-hybridized carbons (Fsp3) is 0.294. The van der Waals surface area contributed by atoms with Gasteiger partial charge in [-0.1, -0.05) is 48.5 Å². The number of aryl methyl sites for hydroxylation is 1. The van der Waals surface area contributed by atoms with Crippen molar-refractivity contribution in [2.24, 2.45) is 0 Å². The second-order valence-corrected chi connectivity index (χ2v) is 10.8. The van der Waals surface area contributed by atoms with Crippen LogP contribution in [0.25, 0.3) is 22.3 Å². The van der Waals surface area contributed by atoms with Gasteiger partial charge in [0.2, 0.25) is 5.88 Å². The maximum atomic E-state index is 9.69. The zero-order valence-corrected chi connectivity index (χ0v) is 23.0. The number of fused-ring (bicyclic) bond motifs is 7. The summed E-state index contributed by atoms with van der Waals surface area (Å²) in [6.45, 7) is 2.64. The molecule has 1 saturated heterocycles. The summed E-state index contributed by atoms with van der Waals surface area (Å²) in [6.07, 6.45) is 3.63. The molecule has 7 heteroatoms. The molecule has 2 aromatic heterocycles. The van der Waals surface area contributed by atoms with E-state index in [1.165, 1.54) is 0 Å². The molecule has 0 aliphatic carbocycles. The van der Waals surface area contributed by atoms with Crippen LogP contribution in [0.1, 0.15) is 40.9 Å². The van der Waals surface area contributed by atoms with Crippen LogP contribution in [-0.4, -0.2) is 39.0 Å². The number of imidazole rings is 1. The van der Waals surface area contributed by atoms with Crippen LogP contribution in [-0.2, 0) is 37.3 Å². The summed E-state index contributed by atoms with van der Waals surface area (Å²) in [4.78, 5) is 9.82. The van der Waals surface area contributed by atoms with Gasteiger partial charge in [-0.25, -0.2) is 9.97 Å². The van der Waals surface area contributed by atoms with Gasteiger partial charge in [0.05, 0.1) is 42.6 Å². The number of hydrogen-bond donors (Lipinski definition) is 1. The standard InChI is InChI=1S/C34H33N3O4/c38-21-23-10-11-27-22-41-34-9-3-7-29(36-34)25-12-13-26(32(18-25)40-15-4-5-24(27)17-23)19-33-35-30-6-1-2-8-31(30)37(33)20-28-14-16-39-28/h1-3,6-13,17-18,28,38H,4-5,14-16,19-22H2. The molecule has 0 radical (unpaired) electrons. The first-order valence-corrected chi connectivity index (χ1v) is 14.4. The fourth-order valence-corrected chi connectivity index (χ4v) is 5.66. The van der Waals surface area contributed by atoms with E-state index >= 15 is 0 Å². The zero-order chi connectivity index (χ0) is 27.6. The number of aromatic nitrogens is 3. The molecule has 4 heterocycles. The topological polar surface area (TPSA) is 78.6 Å². The van der Waals surface area contributed by atoms with Crippen molar-refractivity contribution in [2.75, 3.05) is 13.2 Å². The highest BCUT2D eigenvalue weighted by atomic mass is 16.5. The molecule has 3 aromatic carbocycles. The molecule has 1 fully saturated rings. The molecule has 0 spiro atoms. The Bertz CT molecular complexity index is 1690. The Kier molecular flexibility index (Phi) is 7.13. The molecule has 4 bridgehead atoms. The average molecular weight is 548 g/mol. The van der Waals surface area contributed by atoms with Gasteiger partial charge >= 0.3 is 0 Å². The quantitative estimate of drug-likeness (QED) is 0.296. The predicted octanol–water partition coefficient (Wildman–Crippen LogP) is 5.87. The maximum Gasteiger partial charge on any atom is 0.214 e. The first kappa shape index (κ1) is 25.7. The van der Waals surface area contributed by atoms with E-state index in [1.807, 2.05) is 36.4 Å². The molecule has 1 unspecified atom stereocenters. The van der Waals surface area contributed by atoms with E-state index in [0.29, 0.717) is 25.5 Å². The lowest BCUT2D eigenvalue weighted by Crippen LogP contribution is -2.31. The number of ether oxygens (including phenoxy) is 3. The SMILES string of the molecule is OCc1ccc2c(c1)CCCOc1cc(ccc1Cc1nc3ccccc3n1CC1CCO1)-c1cccc(n1)OC2. The van der Waals surface area contributed by atoms with Crippen LogP contribution in [0.4, 0.5) is 0 Å². The van der Waals surface area contributed by atoms with Gasteiger partial charge in [0, 0.05) is 30.2 Å². The second kappa shape index (κ2) is 11.4. The molecule has 2 aliphatic rings. The minimum atomic E-state index is 0.0159. The van der Waals surface area contributed by atoms with Gasteiger partial charge in [0.25, 0.3) is 0 Å².